The number of piperidine rings is 2. The van der Waals surface area contributed by atoms with Crippen molar-refractivity contribution < 1.29 is 9.59 Å². The maximum atomic E-state index is 12.3. The molecule has 6 nitrogen and oxygen atoms in total. The lowest BCUT2D eigenvalue weighted by molar-refractivity contribution is -0.134. The van der Waals surface area contributed by atoms with Crippen LogP contribution in [-0.2, 0) is 9.59 Å². The second kappa shape index (κ2) is 6.10. The van der Waals surface area contributed by atoms with E-state index in [1.807, 2.05) is 4.90 Å². The van der Waals surface area contributed by atoms with Crippen LogP contribution in [0.4, 0.5) is 0 Å². The van der Waals surface area contributed by atoms with Crippen LogP contribution < -0.4 is 10.6 Å². The van der Waals surface area contributed by atoms with Gasteiger partial charge in [0.15, 0.2) is 0 Å². The van der Waals surface area contributed by atoms with E-state index in [1.54, 1.807) is 0 Å². The summed E-state index contributed by atoms with van der Waals surface area (Å²) in [5.41, 5.74) is 0. The second-order valence-electron chi connectivity index (χ2n) is 6.13. The summed E-state index contributed by atoms with van der Waals surface area (Å²) < 4.78 is 0. The van der Waals surface area contributed by atoms with Gasteiger partial charge in [0.05, 0.1) is 6.54 Å². The summed E-state index contributed by atoms with van der Waals surface area (Å²) in [6, 6.07) is 0.335. The Labute approximate surface area is 119 Å². The van der Waals surface area contributed by atoms with E-state index in [4.69, 9.17) is 0 Å². The van der Waals surface area contributed by atoms with Gasteiger partial charge in [0.2, 0.25) is 11.8 Å². The van der Waals surface area contributed by atoms with Gasteiger partial charge < -0.3 is 15.5 Å². The van der Waals surface area contributed by atoms with Gasteiger partial charge in [0.25, 0.3) is 0 Å². The number of likely N-dealkylation sites (tertiary alicyclic amines) is 1. The first kappa shape index (κ1) is 13.8. The van der Waals surface area contributed by atoms with E-state index < -0.39 is 0 Å². The van der Waals surface area contributed by atoms with Crippen LogP contribution in [0.1, 0.15) is 19.3 Å². The van der Waals surface area contributed by atoms with Gasteiger partial charge in [-0.15, -0.1) is 0 Å². The van der Waals surface area contributed by atoms with Crippen molar-refractivity contribution in [2.24, 2.45) is 5.92 Å². The fourth-order valence-electron chi connectivity index (χ4n) is 3.53. The zero-order chi connectivity index (χ0) is 13.9. The summed E-state index contributed by atoms with van der Waals surface area (Å²) in [5, 5.41) is 6.35. The highest BCUT2D eigenvalue weighted by Crippen LogP contribution is 2.25. The molecule has 2 N–H and O–H groups in total. The lowest BCUT2D eigenvalue weighted by Crippen LogP contribution is -2.56. The number of carbonyl (C=O) groups is 2. The number of fused-ring (bicyclic) bond motifs is 1. The van der Waals surface area contributed by atoms with Crippen molar-refractivity contribution in [3.63, 3.8) is 0 Å². The molecule has 3 saturated heterocycles. The van der Waals surface area contributed by atoms with Gasteiger partial charge in [0, 0.05) is 51.7 Å². The molecule has 2 amide bonds. The number of rotatable bonds is 2. The summed E-state index contributed by atoms with van der Waals surface area (Å²) in [6.45, 7) is 5.87. The van der Waals surface area contributed by atoms with Gasteiger partial charge in [-0.1, -0.05) is 0 Å². The van der Waals surface area contributed by atoms with Crippen molar-refractivity contribution in [3.8, 4) is 0 Å². The van der Waals surface area contributed by atoms with Gasteiger partial charge >= 0.3 is 0 Å². The van der Waals surface area contributed by atoms with Gasteiger partial charge in [0.1, 0.15) is 0 Å². The Bertz CT molecular complexity index is 381. The van der Waals surface area contributed by atoms with E-state index in [2.05, 4.69) is 15.5 Å². The van der Waals surface area contributed by atoms with Crippen molar-refractivity contribution in [1.82, 2.24) is 20.4 Å². The number of amides is 2. The monoisotopic (exact) mass is 280 g/mol. The van der Waals surface area contributed by atoms with Crippen LogP contribution in [-0.4, -0.2) is 73.5 Å². The molecule has 0 aliphatic carbocycles. The maximum absolute atomic E-state index is 12.3. The molecule has 0 aromatic carbocycles. The number of hydrogen-bond donors (Lipinski definition) is 2. The SMILES string of the molecule is O=C1CCC2CN(CC(=O)N3CCNCC3)CCC2N1. The Morgan fingerprint density at radius 3 is 2.80 bits per heavy atom. The van der Waals surface area contributed by atoms with Crippen LogP contribution in [0.25, 0.3) is 0 Å². The smallest absolute Gasteiger partial charge is 0.236 e. The minimum Gasteiger partial charge on any atom is -0.353 e. The molecule has 0 saturated carbocycles. The first-order chi connectivity index (χ1) is 9.72. The van der Waals surface area contributed by atoms with E-state index in [0.29, 0.717) is 24.9 Å². The lowest BCUT2D eigenvalue weighted by Gasteiger charge is -2.41. The Balaban J connectivity index is 1.49. The first-order valence-electron chi connectivity index (χ1n) is 7.72. The van der Waals surface area contributed by atoms with Gasteiger partial charge in [-0.25, -0.2) is 0 Å². The molecular weight excluding hydrogens is 256 g/mol. The van der Waals surface area contributed by atoms with Gasteiger partial charge in [-0.3, -0.25) is 14.5 Å². The van der Waals surface area contributed by atoms with E-state index in [-0.39, 0.29) is 11.8 Å². The molecule has 0 aromatic heterocycles. The van der Waals surface area contributed by atoms with Crippen LogP contribution in [0.3, 0.4) is 0 Å². The molecule has 0 radical (unpaired) electrons. The summed E-state index contributed by atoms with van der Waals surface area (Å²) in [4.78, 5) is 27.9. The highest BCUT2D eigenvalue weighted by Gasteiger charge is 2.34. The highest BCUT2D eigenvalue weighted by molar-refractivity contribution is 5.78. The van der Waals surface area contributed by atoms with Crippen LogP contribution >= 0.6 is 0 Å². The summed E-state index contributed by atoms with van der Waals surface area (Å²) in [5.74, 6) is 0.971. The normalized spacial score (nSPS) is 31.6. The molecule has 0 aromatic rings. The van der Waals surface area contributed by atoms with E-state index in [0.717, 1.165) is 52.1 Å². The maximum Gasteiger partial charge on any atom is 0.236 e. The van der Waals surface area contributed by atoms with E-state index >= 15 is 0 Å². The Hall–Kier alpha value is -1.14. The standard InChI is InChI=1S/C14H24N4O2/c19-13-2-1-11-9-17(6-3-12(11)16-13)10-14(20)18-7-4-15-5-8-18/h11-12,15H,1-10H2,(H,16,19). The zero-order valence-corrected chi connectivity index (χ0v) is 11.9. The van der Waals surface area contributed by atoms with Gasteiger partial charge in [-0.05, 0) is 18.8 Å². The second-order valence-corrected chi connectivity index (χ2v) is 6.13. The Morgan fingerprint density at radius 2 is 2.00 bits per heavy atom. The molecule has 0 spiro atoms. The molecule has 3 heterocycles. The third-order valence-corrected chi connectivity index (χ3v) is 4.74. The predicted molar refractivity (Wildman–Crippen MR) is 75.2 cm³/mol. The lowest BCUT2D eigenvalue weighted by atomic mass is 9.85. The largest absolute Gasteiger partial charge is 0.353 e. The third kappa shape index (κ3) is 3.12. The highest BCUT2D eigenvalue weighted by atomic mass is 16.2. The van der Waals surface area contributed by atoms with Crippen molar-refractivity contribution >= 4 is 11.8 Å². The van der Waals surface area contributed by atoms with Crippen molar-refractivity contribution in [3.05, 3.63) is 0 Å². The minimum atomic E-state index is 0.191. The number of carbonyl (C=O) groups excluding carboxylic acids is 2. The topological polar surface area (TPSA) is 64.7 Å². The molecule has 2 unspecified atom stereocenters. The number of nitrogens with one attached hydrogen (secondary N) is 2. The zero-order valence-electron chi connectivity index (χ0n) is 11.9. The Morgan fingerprint density at radius 1 is 1.20 bits per heavy atom. The molecule has 3 fully saturated rings. The molecule has 3 aliphatic rings. The fraction of sp³-hybridized carbons (Fsp3) is 0.857. The molecule has 20 heavy (non-hydrogen) atoms. The quantitative estimate of drug-likeness (QED) is 0.682. The number of piperazine rings is 1. The average molecular weight is 280 g/mol. The fourth-order valence-corrected chi connectivity index (χ4v) is 3.53. The molecule has 112 valence electrons. The van der Waals surface area contributed by atoms with Crippen molar-refractivity contribution in [1.29, 1.82) is 0 Å². The van der Waals surface area contributed by atoms with E-state index in [9.17, 15) is 9.59 Å². The van der Waals surface area contributed by atoms with Crippen molar-refractivity contribution in [2.45, 2.75) is 25.3 Å². The molecule has 0 bridgehead atoms. The van der Waals surface area contributed by atoms with E-state index in [1.165, 1.54) is 0 Å². The van der Waals surface area contributed by atoms with Crippen LogP contribution in [0.15, 0.2) is 0 Å². The molecule has 3 aliphatic heterocycles. The van der Waals surface area contributed by atoms with Crippen molar-refractivity contribution in [2.75, 3.05) is 45.8 Å². The molecule has 3 rings (SSSR count). The number of hydrogen-bond acceptors (Lipinski definition) is 4. The first-order valence-corrected chi connectivity index (χ1v) is 7.72. The summed E-state index contributed by atoms with van der Waals surface area (Å²) in [7, 11) is 0. The minimum absolute atomic E-state index is 0.191. The van der Waals surface area contributed by atoms with Crippen LogP contribution in [0.2, 0.25) is 0 Å². The van der Waals surface area contributed by atoms with Gasteiger partial charge in [-0.2, -0.15) is 0 Å². The summed E-state index contributed by atoms with van der Waals surface area (Å²) >= 11 is 0. The third-order valence-electron chi connectivity index (χ3n) is 4.74. The van der Waals surface area contributed by atoms with Crippen LogP contribution in [0.5, 0.6) is 0 Å². The molecular formula is C14H24N4O2. The Kier molecular flexibility index (Phi) is 4.21. The average Bonchev–Trinajstić information content (AvgIpc) is 2.48. The van der Waals surface area contributed by atoms with Crippen LogP contribution in [0, 0.1) is 5.92 Å². The summed E-state index contributed by atoms with van der Waals surface area (Å²) in [6.07, 6.45) is 2.58. The molecule has 2 atom stereocenters. The molecule has 6 heteroatoms. The number of nitrogens with zero attached hydrogens (tertiary/aromatic N) is 2. The predicted octanol–water partition coefficient (Wildman–Crippen LogP) is -0.981.